The van der Waals surface area contributed by atoms with Crippen LogP contribution in [0.3, 0.4) is 0 Å². The van der Waals surface area contributed by atoms with Crippen LogP contribution < -0.4 is 16.0 Å². The number of methoxy groups -OCH3 is 1. The molecule has 1 aliphatic heterocycles. The predicted octanol–water partition coefficient (Wildman–Crippen LogP) is -0.260. The quantitative estimate of drug-likeness (QED) is 0.476. The van der Waals surface area contributed by atoms with Gasteiger partial charge < -0.3 is 24.8 Å². The first kappa shape index (κ1) is 21.9. The van der Waals surface area contributed by atoms with Gasteiger partial charge in [-0.15, -0.1) is 0 Å². The normalized spacial score (nSPS) is 22.8. The zero-order valence-electron chi connectivity index (χ0n) is 17.2. The van der Waals surface area contributed by atoms with Gasteiger partial charge in [-0.2, -0.15) is 0 Å². The molecule has 1 aromatic carbocycles. The van der Waals surface area contributed by atoms with Crippen molar-refractivity contribution in [3.8, 4) is 16.9 Å². The topological polar surface area (TPSA) is 136 Å². The molecule has 10 heteroatoms. The summed E-state index contributed by atoms with van der Waals surface area (Å²) >= 11 is 0. The second kappa shape index (κ2) is 9.05. The molecule has 1 unspecified atom stereocenters. The first-order valence-corrected chi connectivity index (χ1v) is 9.96. The van der Waals surface area contributed by atoms with E-state index in [1.807, 2.05) is 30.3 Å². The monoisotopic (exact) mass is 441 g/mol. The predicted molar refractivity (Wildman–Crippen MR) is 113 cm³/mol. The van der Waals surface area contributed by atoms with E-state index in [0.29, 0.717) is 11.4 Å². The van der Waals surface area contributed by atoms with Crippen LogP contribution in [0.1, 0.15) is 11.9 Å². The van der Waals surface area contributed by atoms with E-state index in [-0.39, 0.29) is 6.54 Å². The van der Waals surface area contributed by atoms with Gasteiger partial charge in [0.15, 0.2) is 6.23 Å². The molecule has 1 fully saturated rings. The van der Waals surface area contributed by atoms with Crippen molar-refractivity contribution in [3.05, 3.63) is 81.4 Å². The third kappa shape index (κ3) is 4.08. The number of ether oxygens (including phenoxy) is 2. The molecule has 2 aromatic heterocycles. The molecule has 3 heterocycles. The number of pyridine rings is 1. The lowest BCUT2D eigenvalue weighted by molar-refractivity contribution is -0.0555. The highest BCUT2D eigenvalue weighted by Crippen LogP contribution is 2.28. The zero-order chi connectivity index (χ0) is 22.8. The third-order valence-electron chi connectivity index (χ3n) is 5.43. The number of nitrogens with zero attached hydrogens (tertiary/aromatic N) is 3. The highest BCUT2D eigenvalue weighted by molar-refractivity contribution is 5.65. The van der Waals surface area contributed by atoms with E-state index in [1.165, 1.54) is 12.3 Å². The molecule has 32 heavy (non-hydrogen) atoms. The zero-order valence-corrected chi connectivity index (χ0v) is 17.2. The summed E-state index contributed by atoms with van der Waals surface area (Å²) in [5, 5.41) is 29.5. The summed E-state index contributed by atoms with van der Waals surface area (Å²) in [5.74, 6) is 0.696. The molecule has 0 bridgehead atoms. The summed E-state index contributed by atoms with van der Waals surface area (Å²) in [6, 6.07) is 12.2. The Morgan fingerprint density at radius 1 is 1.09 bits per heavy atom. The molecule has 0 aliphatic carbocycles. The number of aliphatic hydroxyl groups excluding tert-OH is 3. The second-order valence-electron chi connectivity index (χ2n) is 7.43. The maximum atomic E-state index is 13.0. The summed E-state index contributed by atoms with van der Waals surface area (Å²) in [4.78, 5) is 29.7. The van der Waals surface area contributed by atoms with E-state index in [1.54, 1.807) is 19.4 Å². The Hall–Kier alpha value is -3.31. The molecule has 4 rings (SSSR count). The van der Waals surface area contributed by atoms with E-state index in [2.05, 4.69) is 4.98 Å². The highest BCUT2D eigenvalue weighted by Gasteiger charge is 2.43. The van der Waals surface area contributed by atoms with E-state index < -0.39 is 42.4 Å². The maximum absolute atomic E-state index is 13.0. The van der Waals surface area contributed by atoms with Crippen LogP contribution in [0.25, 0.3) is 11.1 Å². The Labute approximate surface area is 182 Å². The van der Waals surface area contributed by atoms with Crippen LogP contribution in [0.2, 0.25) is 0 Å². The van der Waals surface area contributed by atoms with Gasteiger partial charge in [-0.25, -0.2) is 4.79 Å². The van der Waals surface area contributed by atoms with Gasteiger partial charge in [-0.1, -0.05) is 12.1 Å². The van der Waals surface area contributed by atoms with Crippen LogP contribution in [-0.4, -0.2) is 61.5 Å². The molecule has 1 saturated heterocycles. The minimum Gasteiger partial charge on any atom is -0.497 e. The Bertz CT molecular complexity index is 1220. The fourth-order valence-electron chi connectivity index (χ4n) is 3.69. The Kier molecular flexibility index (Phi) is 6.19. The van der Waals surface area contributed by atoms with Crippen molar-refractivity contribution in [1.82, 2.24) is 14.1 Å². The van der Waals surface area contributed by atoms with Gasteiger partial charge in [0, 0.05) is 18.5 Å². The molecule has 0 radical (unpaired) electrons. The third-order valence-corrected chi connectivity index (χ3v) is 5.43. The smallest absolute Gasteiger partial charge is 0.333 e. The SMILES string of the molecule is COc1cccc(-c2ccnc(Cn3c(=O)ccn([C@@H]4O[C@H](CO)[C@H](O)C4O)c3=O)c2)c1. The van der Waals surface area contributed by atoms with E-state index in [4.69, 9.17) is 9.47 Å². The van der Waals surface area contributed by atoms with Crippen LogP contribution in [0.4, 0.5) is 0 Å². The summed E-state index contributed by atoms with van der Waals surface area (Å²) in [6.45, 7) is -0.630. The lowest BCUT2D eigenvalue weighted by Gasteiger charge is -2.18. The van der Waals surface area contributed by atoms with Crippen molar-refractivity contribution in [3.63, 3.8) is 0 Å². The Balaban J connectivity index is 1.66. The molecule has 3 N–H and O–H groups in total. The fourth-order valence-corrected chi connectivity index (χ4v) is 3.69. The number of aliphatic hydroxyl groups is 3. The van der Waals surface area contributed by atoms with Gasteiger partial charge in [0.1, 0.15) is 24.1 Å². The minimum atomic E-state index is -1.44. The summed E-state index contributed by atoms with van der Waals surface area (Å²) in [5.41, 5.74) is 0.912. The van der Waals surface area contributed by atoms with Gasteiger partial charge in [-0.05, 0) is 35.4 Å². The van der Waals surface area contributed by atoms with E-state index in [9.17, 15) is 24.9 Å². The van der Waals surface area contributed by atoms with Gasteiger partial charge in [0.25, 0.3) is 5.56 Å². The number of rotatable bonds is 6. The number of hydrogen-bond acceptors (Lipinski definition) is 8. The molecular formula is C22H23N3O7. The van der Waals surface area contributed by atoms with Crippen molar-refractivity contribution in [2.75, 3.05) is 13.7 Å². The van der Waals surface area contributed by atoms with Crippen LogP contribution in [0, 0.1) is 0 Å². The van der Waals surface area contributed by atoms with Gasteiger partial charge >= 0.3 is 5.69 Å². The van der Waals surface area contributed by atoms with E-state index >= 15 is 0 Å². The van der Waals surface area contributed by atoms with Crippen LogP contribution in [0.15, 0.2) is 64.4 Å². The Morgan fingerprint density at radius 3 is 2.59 bits per heavy atom. The minimum absolute atomic E-state index is 0.106. The lowest BCUT2D eigenvalue weighted by atomic mass is 10.1. The van der Waals surface area contributed by atoms with Crippen molar-refractivity contribution < 1.29 is 24.8 Å². The van der Waals surface area contributed by atoms with Crippen LogP contribution in [0.5, 0.6) is 5.75 Å². The molecule has 168 valence electrons. The maximum Gasteiger partial charge on any atom is 0.333 e. The molecule has 3 aromatic rings. The highest BCUT2D eigenvalue weighted by atomic mass is 16.6. The second-order valence-corrected chi connectivity index (χ2v) is 7.43. The number of hydrogen-bond donors (Lipinski definition) is 3. The molecule has 0 spiro atoms. The van der Waals surface area contributed by atoms with Crippen molar-refractivity contribution in [1.29, 1.82) is 0 Å². The van der Waals surface area contributed by atoms with E-state index in [0.717, 1.165) is 20.3 Å². The van der Waals surface area contributed by atoms with Crippen LogP contribution in [-0.2, 0) is 11.3 Å². The number of benzene rings is 1. The van der Waals surface area contributed by atoms with Gasteiger partial charge in [-0.3, -0.25) is 18.9 Å². The first-order chi connectivity index (χ1) is 15.4. The van der Waals surface area contributed by atoms with Crippen molar-refractivity contribution in [2.45, 2.75) is 31.1 Å². The molecular weight excluding hydrogens is 418 g/mol. The Morgan fingerprint density at radius 2 is 1.88 bits per heavy atom. The molecule has 10 nitrogen and oxygen atoms in total. The standard InChI is InChI=1S/C22H23N3O7/c1-31-16-4-2-3-13(10-16)14-5-7-23-15(9-14)11-25-18(27)6-8-24(22(25)30)21-20(29)19(28)17(12-26)32-21/h2-10,17,19-21,26,28-29H,11-12H2,1H3/t17-,19+,20?,21-/m1/s1. The molecule has 4 atom stereocenters. The number of aromatic nitrogens is 3. The van der Waals surface area contributed by atoms with Crippen LogP contribution >= 0.6 is 0 Å². The van der Waals surface area contributed by atoms with Gasteiger partial charge in [0.05, 0.1) is 26.0 Å². The fraction of sp³-hybridized carbons (Fsp3) is 0.318. The summed E-state index contributed by atoms with van der Waals surface area (Å²) < 4.78 is 12.7. The average Bonchev–Trinajstić information content (AvgIpc) is 3.10. The lowest BCUT2D eigenvalue weighted by Crippen LogP contribution is -2.43. The summed E-state index contributed by atoms with van der Waals surface area (Å²) in [7, 11) is 1.58. The molecule has 0 amide bonds. The van der Waals surface area contributed by atoms with Crippen molar-refractivity contribution in [2.24, 2.45) is 0 Å². The summed E-state index contributed by atoms with van der Waals surface area (Å²) in [6.07, 6.45) is -2.30. The largest absolute Gasteiger partial charge is 0.497 e. The van der Waals surface area contributed by atoms with Crippen molar-refractivity contribution >= 4 is 0 Å². The molecule has 1 aliphatic rings. The first-order valence-electron chi connectivity index (χ1n) is 9.96. The average molecular weight is 441 g/mol. The molecule has 0 saturated carbocycles. The van der Waals surface area contributed by atoms with Gasteiger partial charge in [0.2, 0.25) is 0 Å².